The van der Waals surface area contributed by atoms with Gasteiger partial charge in [-0.1, -0.05) is 13.8 Å². The van der Waals surface area contributed by atoms with Crippen LogP contribution in [0.3, 0.4) is 0 Å². The van der Waals surface area contributed by atoms with Crippen molar-refractivity contribution in [3.8, 4) is 0 Å². The van der Waals surface area contributed by atoms with E-state index in [1.54, 1.807) is 11.9 Å². The number of rotatable bonds is 6. The molecular weight excluding hydrogens is 431 g/mol. The van der Waals surface area contributed by atoms with E-state index in [-0.39, 0.29) is 42.0 Å². The molecule has 0 unspecified atom stereocenters. The molecule has 1 aromatic heterocycles. The Hall–Kier alpha value is -1.32. The van der Waals surface area contributed by atoms with Crippen molar-refractivity contribution >= 4 is 35.8 Å². The fourth-order valence-electron chi connectivity index (χ4n) is 2.36. The Balaban J connectivity index is 0.00000576. The molecule has 0 fully saturated rings. The third-order valence-electron chi connectivity index (χ3n) is 3.24. The first-order valence-electron chi connectivity index (χ1n) is 8.35. The van der Waals surface area contributed by atoms with Gasteiger partial charge in [0.05, 0.1) is 13.1 Å². The summed E-state index contributed by atoms with van der Waals surface area (Å²) >= 11 is 0. The number of likely N-dealkylation sites (N-methyl/N-ethyl adjacent to an activating group) is 1. The highest BCUT2D eigenvalue weighted by Gasteiger charge is 2.17. The van der Waals surface area contributed by atoms with Gasteiger partial charge in [-0.2, -0.15) is 0 Å². The summed E-state index contributed by atoms with van der Waals surface area (Å²) in [4.78, 5) is 22.5. The van der Waals surface area contributed by atoms with Crippen LogP contribution in [0.2, 0.25) is 0 Å². The summed E-state index contributed by atoms with van der Waals surface area (Å²) in [6, 6.07) is 0. The van der Waals surface area contributed by atoms with Crippen molar-refractivity contribution in [3.63, 3.8) is 0 Å². The van der Waals surface area contributed by atoms with Crippen LogP contribution in [0.5, 0.6) is 0 Å². The molecule has 25 heavy (non-hydrogen) atoms. The van der Waals surface area contributed by atoms with Crippen molar-refractivity contribution in [3.05, 3.63) is 18.2 Å². The van der Waals surface area contributed by atoms with E-state index < -0.39 is 0 Å². The minimum atomic E-state index is -0.240. The molecule has 2 N–H and O–H groups in total. The molecule has 1 amide bonds. The largest absolute Gasteiger partial charge is 0.350 e. The minimum absolute atomic E-state index is 0. The average Bonchev–Trinajstić information content (AvgIpc) is 2.83. The zero-order valence-electron chi connectivity index (χ0n) is 16.5. The van der Waals surface area contributed by atoms with Gasteiger partial charge < -0.3 is 20.1 Å². The van der Waals surface area contributed by atoms with Crippen LogP contribution in [0, 0.1) is 5.92 Å². The summed E-state index contributed by atoms with van der Waals surface area (Å²) in [6.45, 7) is 12.0. The number of halogens is 1. The molecule has 0 spiro atoms. The lowest BCUT2D eigenvalue weighted by atomic mass is 10.1. The zero-order valence-corrected chi connectivity index (χ0v) is 18.8. The number of guanidine groups is 1. The number of amides is 1. The summed E-state index contributed by atoms with van der Waals surface area (Å²) in [5.41, 5.74) is -0.240. The maximum absolute atomic E-state index is 12.0. The number of imidazole rings is 1. The number of hydrogen-bond donors (Lipinski definition) is 2. The molecule has 0 saturated carbocycles. The summed E-state index contributed by atoms with van der Waals surface area (Å²) < 4.78 is 2.14. The molecule has 1 rings (SSSR count). The molecule has 0 aromatic carbocycles. The second kappa shape index (κ2) is 10.6. The van der Waals surface area contributed by atoms with Crippen molar-refractivity contribution < 1.29 is 4.79 Å². The predicted molar refractivity (Wildman–Crippen MR) is 113 cm³/mol. The van der Waals surface area contributed by atoms with E-state index in [9.17, 15) is 4.79 Å². The molecule has 0 aliphatic rings. The van der Waals surface area contributed by atoms with Crippen LogP contribution in [0.1, 0.15) is 40.4 Å². The maximum Gasteiger partial charge on any atom is 0.240 e. The molecule has 0 atom stereocenters. The monoisotopic (exact) mass is 464 g/mol. The Morgan fingerprint density at radius 1 is 1.40 bits per heavy atom. The summed E-state index contributed by atoms with van der Waals surface area (Å²) in [5, 5.41) is 6.22. The van der Waals surface area contributed by atoms with E-state index >= 15 is 0 Å². The van der Waals surface area contributed by atoms with E-state index in [0.29, 0.717) is 18.4 Å². The lowest BCUT2D eigenvalue weighted by Crippen LogP contribution is -2.48. The molecule has 0 aliphatic carbocycles. The van der Waals surface area contributed by atoms with Gasteiger partial charge in [-0.25, -0.2) is 4.98 Å². The van der Waals surface area contributed by atoms with Crippen molar-refractivity contribution in [2.24, 2.45) is 10.9 Å². The first-order chi connectivity index (χ1) is 11.1. The van der Waals surface area contributed by atoms with Crippen LogP contribution in [0.15, 0.2) is 17.4 Å². The lowest BCUT2D eigenvalue weighted by molar-refractivity contribution is -0.122. The van der Waals surface area contributed by atoms with Crippen LogP contribution >= 0.6 is 24.0 Å². The number of hydrogen-bond acceptors (Lipinski definition) is 3. The molecule has 8 heteroatoms. The number of nitrogens with zero attached hydrogens (tertiary/aromatic N) is 4. The molecule has 1 heterocycles. The van der Waals surface area contributed by atoms with Crippen LogP contribution < -0.4 is 10.6 Å². The average molecular weight is 464 g/mol. The summed E-state index contributed by atoms with van der Waals surface area (Å²) in [5.74, 6) is 2.14. The fourth-order valence-corrected chi connectivity index (χ4v) is 2.36. The van der Waals surface area contributed by atoms with Gasteiger partial charge in [0.2, 0.25) is 5.91 Å². The van der Waals surface area contributed by atoms with E-state index in [4.69, 9.17) is 0 Å². The highest BCUT2D eigenvalue weighted by Crippen LogP contribution is 2.04. The number of carbonyl (C=O) groups is 1. The Kier molecular flexibility index (Phi) is 10.1. The highest BCUT2D eigenvalue weighted by molar-refractivity contribution is 14.0. The van der Waals surface area contributed by atoms with E-state index in [1.165, 1.54) is 0 Å². The van der Waals surface area contributed by atoms with Gasteiger partial charge >= 0.3 is 0 Å². The van der Waals surface area contributed by atoms with Crippen molar-refractivity contribution in [1.82, 2.24) is 25.1 Å². The third kappa shape index (κ3) is 9.08. The van der Waals surface area contributed by atoms with E-state index in [2.05, 4.69) is 39.0 Å². The molecule has 7 nitrogen and oxygen atoms in total. The second-order valence-corrected chi connectivity index (χ2v) is 7.44. The first kappa shape index (κ1) is 23.7. The van der Waals surface area contributed by atoms with Gasteiger partial charge in [-0.15, -0.1) is 24.0 Å². The summed E-state index contributed by atoms with van der Waals surface area (Å²) in [7, 11) is 3.55. The van der Waals surface area contributed by atoms with Crippen LogP contribution in [-0.4, -0.2) is 52.5 Å². The molecule has 0 bridgehead atoms. The maximum atomic E-state index is 12.0. The Morgan fingerprint density at radius 3 is 2.56 bits per heavy atom. The van der Waals surface area contributed by atoms with Crippen LogP contribution in [0.25, 0.3) is 0 Å². The van der Waals surface area contributed by atoms with Gasteiger partial charge in [-0.05, 0) is 26.7 Å². The number of aromatic nitrogens is 2. The zero-order chi connectivity index (χ0) is 18.3. The minimum Gasteiger partial charge on any atom is -0.350 e. The Morgan fingerprint density at radius 2 is 2.04 bits per heavy atom. The highest BCUT2D eigenvalue weighted by atomic mass is 127. The van der Waals surface area contributed by atoms with E-state index in [1.807, 2.05) is 40.2 Å². The molecule has 0 saturated heterocycles. The first-order valence-corrected chi connectivity index (χ1v) is 8.35. The Bertz CT molecular complexity index is 562. The van der Waals surface area contributed by atoms with Gasteiger partial charge in [0, 0.05) is 38.6 Å². The lowest BCUT2D eigenvalue weighted by Gasteiger charge is -2.25. The third-order valence-corrected chi connectivity index (χ3v) is 3.24. The molecule has 1 aromatic rings. The summed E-state index contributed by atoms with van der Waals surface area (Å²) in [6.07, 6.45) is 3.79. The van der Waals surface area contributed by atoms with E-state index in [0.717, 1.165) is 12.4 Å². The second-order valence-electron chi connectivity index (χ2n) is 7.44. The van der Waals surface area contributed by atoms with Gasteiger partial charge in [0.1, 0.15) is 5.82 Å². The van der Waals surface area contributed by atoms with Crippen molar-refractivity contribution in [1.29, 1.82) is 0 Å². The fraction of sp³-hybridized carbons (Fsp3) is 0.706. The van der Waals surface area contributed by atoms with Crippen molar-refractivity contribution in [2.75, 3.05) is 20.6 Å². The smallest absolute Gasteiger partial charge is 0.240 e. The molecule has 0 radical (unpaired) electrons. The van der Waals surface area contributed by atoms with Crippen molar-refractivity contribution in [2.45, 2.75) is 53.2 Å². The van der Waals surface area contributed by atoms with Gasteiger partial charge in [0.25, 0.3) is 0 Å². The number of carbonyl (C=O) groups excluding carboxylic acids is 1. The topological polar surface area (TPSA) is 74.5 Å². The van der Waals surface area contributed by atoms with Gasteiger partial charge in [0.15, 0.2) is 5.96 Å². The number of aliphatic imine (C=N–C) groups is 1. The van der Waals surface area contributed by atoms with Crippen LogP contribution in [-0.2, 0) is 17.9 Å². The number of nitrogens with one attached hydrogen (secondary N) is 2. The molecule has 144 valence electrons. The van der Waals surface area contributed by atoms with Gasteiger partial charge in [-0.3, -0.25) is 9.79 Å². The SMILES string of the molecule is CN=C(NCc1nccn1CC(C)C)N(C)CC(=O)NC(C)(C)C.I. The quantitative estimate of drug-likeness (QED) is 0.384. The van der Waals surface area contributed by atoms with Crippen LogP contribution in [0.4, 0.5) is 0 Å². The molecule has 0 aliphatic heterocycles. The normalized spacial score (nSPS) is 11.9. The predicted octanol–water partition coefficient (Wildman–Crippen LogP) is 2.08. The standard InChI is InChI=1S/C17H32N6O.HI/c1-13(2)11-23-9-8-19-14(23)10-20-16(18-6)22(7)12-15(24)21-17(3,4)5;/h8-9,13H,10-12H2,1-7H3,(H,18,20)(H,21,24);1H. The Labute approximate surface area is 168 Å². The molecular formula is C17H33IN6O.